The monoisotopic (exact) mass is 477 g/mol. The maximum atomic E-state index is 9.24. The van der Waals surface area contributed by atoms with Crippen LogP contribution in [0.15, 0.2) is 17.4 Å². The summed E-state index contributed by atoms with van der Waals surface area (Å²) in [5, 5.41) is 17.0. The van der Waals surface area contributed by atoms with Gasteiger partial charge in [0.2, 0.25) is 0 Å². The number of rotatable bonds is 9. The number of aromatic nitrogens is 2. The number of nitrogens with zero attached hydrogens (tertiary/aromatic N) is 4. The van der Waals surface area contributed by atoms with Crippen LogP contribution in [0.4, 0.5) is 0 Å². The van der Waals surface area contributed by atoms with Crippen LogP contribution in [0.1, 0.15) is 45.1 Å². The first kappa shape index (κ1) is 23.2. The van der Waals surface area contributed by atoms with Crippen molar-refractivity contribution >= 4 is 29.9 Å². The molecule has 150 valence electrons. The van der Waals surface area contributed by atoms with E-state index in [2.05, 4.69) is 35.4 Å². The van der Waals surface area contributed by atoms with E-state index >= 15 is 0 Å². The molecular weight excluding hydrogens is 441 g/mol. The molecule has 2 N–H and O–H groups in total. The standard InChI is InChI=1S/C19H35N5O.HI/c1-4-6-16(8-10-25)12-21-19(20-5-2)24-9-7-17(15-24)11-18-13-22-23(3)14-18;/h13-14,16-17,25H,4-12,15H2,1-3H3,(H,20,21);1H. The van der Waals surface area contributed by atoms with Gasteiger partial charge in [-0.2, -0.15) is 5.10 Å². The Morgan fingerprint density at radius 2 is 2.23 bits per heavy atom. The van der Waals surface area contributed by atoms with E-state index in [9.17, 15) is 5.11 Å². The highest BCUT2D eigenvalue weighted by atomic mass is 127. The van der Waals surface area contributed by atoms with Crippen LogP contribution in [-0.2, 0) is 13.5 Å². The van der Waals surface area contributed by atoms with E-state index in [1.807, 2.05) is 17.9 Å². The molecule has 0 radical (unpaired) electrons. The molecule has 1 aliphatic rings. The van der Waals surface area contributed by atoms with E-state index in [-0.39, 0.29) is 30.6 Å². The molecule has 0 aromatic carbocycles. The number of likely N-dealkylation sites (tertiary alicyclic amines) is 1. The van der Waals surface area contributed by atoms with Gasteiger partial charge in [0.15, 0.2) is 5.96 Å². The lowest BCUT2D eigenvalue weighted by atomic mass is 10.0. The molecule has 6 nitrogen and oxygen atoms in total. The molecule has 1 aromatic rings. The van der Waals surface area contributed by atoms with Crippen LogP contribution in [0.3, 0.4) is 0 Å². The molecule has 26 heavy (non-hydrogen) atoms. The van der Waals surface area contributed by atoms with Gasteiger partial charge in [-0.3, -0.25) is 9.67 Å². The van der Waals surface area contributed by atoms with E-state index in [1.54, 1.807) is 0 Å². The maximum Gasteiger partial charge on any atom is 0.193 e. The van der Waals surface area contributed by atoms with Gasteiger partial charge in [0.25, 0.3) is 0 Å². The zero-order valence-electron chi connectivity index (χ0n) is 16.5. The lowest BCUT2D eigenvalue weighted by molar-refractivity contribution is 0.253. The molecule has 0 amide bonds. The average molecular weight is 477 g/mol. The van der Waals surface area contributed by atoms with Crippen LogP contribution in [0.5, 0.6) is 0 Å². The second-order valence-corrected chi connectivity index (χ2v) is 7.19. The Morgan fingerprint density at radius 3 is 2.85 bits per heavy atom. The Hall–Kier alpha value is -0.830. The summed E-state index contributed by atoms with van der Waals surface area (Å²) in [5.41, 5.74) is 1.32. The Bertz CT molecular complexity index is 528. The minimum atomic E-state index is 0. The number of guanidine groups is 1. The summed E-state index contributed by atoms with van der Waals surface area (Å²) < 4.78 is 1.88. The summed E-state index contributed by atoms with van der Waals surface area (Å²) in [4.78, 5) is 7.28. The summed E-state index contributed by atoms with van der Waals surface area (Å²) in [6.45, 7) is 8.39. The van der Waals surface area contributed by atoms with E-state index < -0.39 is 0 Å². The molecule has 0 saturated carbocycles. The molecule has 2 unspecified atom stereocenters. The molecule has 0 aliphatic carbocycles. The first-order valence-corrected chi connectivity index (χ1v) is 9.77. The highest BCUT2D eigenvalue weighted by molar-refractivity contribution is 14.0. The Morgan fingerprint density at radius 1 is 1.42 bits per heavy atom. The lowest BCUT2D eigenvalue weighted by Crippen LogP contribution is -2.40. The molecule has 1 saturated heterocycles. The molecule has 1 aliphatic heterocycles. The van der Waals surface area contributed by atoms with Crippen molar-refractivity contribution < 1.29 is 5.11 Å². The van der Waals surface area contributed by atoms with Gasteiger partial charge in [-0.1, -0.05) is 13.3 Å². The quantitative estimate of drug-likeness (QED) is 0.326. The van der Waals surface area contributed by atoms with Gasteiger partial charge in [-0.05, 0) is 50.0 Å². The van der Waals surface area contributed by atoms with Gasteiger partial charge in [0.1, 0.15) is 0 Å². The number of nitrogens with one attached hydrogen (secondary N) is 1. The maximum absolute atomic E-state index is 9.24. The lowest BCUT2D eigenvalue weighted by Gasteiger charge is -2.23. The zero-order valence-corrected chi connectivity index (χ0v) is 18.9. The summed E-state index contributed by atoms with van der Waals surface area (Å²) >= 11 is 0. The van der Waals surface area contributed by atoms with Crippen molar-refractivity contribution in [1.82, 2.24) is 20.0 Å². The van der Waals surface area contributed by atoms with E-state index in [4.69, 9.17) is 4.99 Å². The van der Waals surface area contributed by atoms with Crippen LogP contribution in [0.25, 0.3) is 0 Å². The Kier molecular flexibility index (Phi) is 11.2. The fourth-order valence-corrected chi connectivity index (χ4v) is 3.66. The van der Waals surface area contributed by atoms with E-state index in [1.165, 1.54) is 12.0 Å². The third kappa shape index (κ3) is 7.42. The van der Waals surface area contributed by atoms with Gasteiger partial charge in [-0.25, -0.2) is 0 Å². The van der Waals surface area contributed by atoms with Gasteiger partial charge in [0, 0.05) is 46.0 Å². The van der Waals surface area contributed by atoms with Crippen LogP contribution >= 0.6 is 24.0 Å². The minimum Gasteiger partial charge on any atom is -0.396 e. The molecule has 2 heterocycles. The molecule has 1 aromatic heterocycles. The normalized spacial score (nSPS) is 18.7. The molecule has 2 rings (SSSR count). The van der Waals surface area contributed by atoms with Gasteiger partial charge >= 0.3 is 0 Å². The minimum absolute atomic E-state index is 0. The summed E-state index contributed by atoms with van der Waals surface area (Å²) in [7, 11) is 1.97. The average Bonchev–Trinajstić information content (AvgIpc) is 3.21. The third-order valence-electron chi connectivity index (χ3n) is 4.94. The fraction of sp³-hybridized carbons (Fsp3) is 0.789. The number of aryl methyl sites for hydroxylation is 1. The molecule has 1 fully saturated rings. The molecule has 0 bridgehead atoms. The van der Waals surface area contributed by atoms with Crippen LogP contribution in [0.2, 0.25) is 0 Å². The molecule has 0 spiro atoms. The van der Waals surface area contributed by atoms with Crippen molar-refractivity contribution in [2.75, 3.05) is 32.8 Å². The SMILES string of the molecule is CCCC(CCO)CN=C(NCC)N1CCC(Cc2cnn(C)c2)C1.I. The number of hydrogen-bond acceptors (Lipinski definition) is 3. The molecule has 7 heteroatoms. The Balaban J connectivity index is 0.00000338. The van der Waals surface area contributed by atoms with Crippen LogP contribution in [0, 0.1) is 11.8 Å². The summed E-state index contributed by atoms with van der Waals surface area (Å²) in [6, 6.07) is 0. The second-order valence-electron chi connectivity index (χ2n) is 7.19. The largest absolute Gasteiger partial charge is 0.396 e. The zero-order chi connectivity index (χ0) is 18.1. The van der Waals surface area contributed by atoms with Crippen molar-refractivity contribution in [2.24, 2.45) is 23.9 Å². The summed E-state index contributed by atoms with van der Waals surface area (Å²) in [5.74, 6) is 2.18. The molecule has 2 atom stereocenters. The predicted molar refractivity (Wildman–Crippen MR) is 118 cm³/mol. The number of halogens is 1. The van der Waals surface area contributed by atoms with Crippen LogP contribution in [-0.4, -0.2) is 58.5 Å². The number of hydrogen-bond donors (Lipinski definition) is 2. The highest BCUT2D eigenvalue weighted by Crippen LogP contribution is 2.21. The molecular formula is C19H36IN5O. The second kappa shape index (κ2) is 12.5. The van der Waals surface area contributed by atoms with Crippen molar-refractivity contribution in [3.8, 4) is 0 Å². The van der Waals surface area contributed by atoms with E-state index in [0.29, 0.717) is 11.8 Å². The number of aliphatic hydroxyl groups excluding tert-OH is 1. The Labute approximate surface area is 175 Å². The van der Waals surface area contributed by atoms with Gasteiger partial charge < -0.3 is 15.3 Å². The van der Waals surface area contributed by atoms with E-state index in [0.717, 1.165) is 57.8 Å². The topological polar surface area (TPSA) is 65.7 Å². The highest BCUT2D eigenvalue weighted by Gasteiger charge is 2.25. The third-order valence-corrected chi connectivity index (χ3v) is 4.94. The summed E-state index contributed by atoms with van der Waals surface area (Å²) in [6.07, 6.45) is 9.51. The van der Waals surface area contributed by atoms with Crippen molar-refractivity contribution in [2.45, 2.75) is 46.0 Å². The smallest absolute Gasteiger partial charge is 0.193 e. The van der Waals surface area contributed by atoms with Crippen molar-refractivity contribution in [3.63, 3.8) is 0 Å². The number of aliphatic hydroxyl groups is 1. The van der Waals surface area contributed by atoms with Crippen molar-refractivity contribution in [1.29, 1.82) is 0 Å². The predicted octanol–water partition coefficient (Wildman–Crippen LogP) is 2.67. The first-order valence-electron chi connectivity index (χ1n) is 9.77. The van der Waals surface area contributed by atoms with Crippen LogP contribution < -0.4 is 5.32 Å². The van der Waals surface area contributed by atoms with Gasteiger partial charge in [0.05, 0.1) is 6.20 Å². The van der Waals surface area contributed by atoms with Crippen molar-refractivity contribution in [3.05, 3.63) is 18.0 Å². The first-order chi connectivity index (χ1) is 12.2. The van der Waals surface area contributed by atoms with Gasteiger partial charge in [-0.15, -0.1) is 24.0 Å². The number of aliphatic imine (C=N–C) groups is 1. The fourth-order valence-electron chi connectivity index (χ4n) is 3.66.